The third-order valence-electron chi connectivity index (χ3n) is 12.0. The summed E-state index contributed by atoms with van der Waals surface area (Å²) in [5.74, 6) is -0.0596. The first-order valence-electron chi connectivity index (χ1n) is 19.5. The number of thiazole rings is 2. The summed E-state index contributed by atoms with van der Waals surface area (Å²) in [4.78, 5) is 27.3. The highest BCUT2D eigenvalue weighted by Gasteiger charge is 2.42. The Morgan fingerprint density at radius 3 is 1.83 bits per heavy atom. The van der Waals surface area contributed by atoms with Gasteiger partial charge >= 0.3 is 0 Å². The van der Waals surface area contributed by atoms with E-state index in [2.05, 4.69) is 100 Å². The second-order valence-corrected chi connectivity index (χ2v) is 19.6. The number of halogens is 2. The predicted octanol–water partition coefficient (Wildman–Crippen LogP) is 12.7. The van der Waals surface area contributed by atoms with E-state index >= 15 is 0 Å². The lowest BCUT2D eigenvalue weighted by molar-refractivity contribution is 0.171. The number of nitrogens with one attached hydrogen (secondary N) is 2. The molecule has 0 radical (unpaired) electrons. The molecule has 2 aliphatic heterocycles. The molecular formula is C44H44F2N8S4. The van der Waals surface area contributed by atoms with Crippen molar-refractivity contribution in [1.82, 2.24) is 29.7 Å². The normalized spacial score (nSPS) is 18.0. The molecule has 1 unspecified atom stereocenters. The molecule has 0 bridgehead atoms. The molecule has 8 nitrogen and oxygen atoms in total. The molecule has 0 amide bonds. The van der Waals surface area contributed by atoms with Gasteiger partial charge in [0.15, 0.2) is 0 Å². The van der Waals surface area contributed by atoms with Crippen LogP contribution in [0.2, 0.25) is 0 Å². The highest BCUT2D eigenvalue weighted by Crippen LogP contribution is 2.47. The average Bonchev–Trinajstić information content (AvgIpc) is 4.05. The van der Waals surface area contributed by atoms with Gasteiger partial charge in [-0.2, -0.15) is 0 Å². The first kappa shape index (κ1) is 39.0. The number of aromatic nitrogens is 4. The maximum Gasteiger partial charge on any atom is 0.148 e. The molecule has 10 rings (SSSR count). The van der Waals surface area contributed by atoms with Crippen molar-refractivity contribution in [2.45, 2.75) is 65.0 Å². The lowest BCUT2D eigenvalue weighted by Gasteiger charge is -2.35. The minimum atomic E-state index is -0.277. The Morgan fingerprint density at radius 1 is 0.707 bits per heavy atom. The molecule has 0 saturated carbocycles. The van der Waals surface area contributed by atoms with Gasteiger partial charge in [-0.15, -0.1) is 45.3 Å². The number of benzene rings is 2. The van der Waals surface area contributed by atoms with Gasteiger partial charge in [-0.25, -0.2) is 28.7 Å². The van der Waals surface area contributed by atoms with Crippen molar-refractivity contribution < 1.29 is 8.78 Å². The summed E-state index contributed by atoms with van der Waals surface area (Å²) in [6, 6.07) is 14.9. The van der Waals surface area contributed by atoms with Gasteiger partial charge in [-0.05, 0) is 108 Å². The molecule has 6 aromatic heterocycles. The summed E-state index contributed by atoms with van der Waals surface area (Å²) >= 11 is 6.34. The van der Waals surface area contributed by atoms with E-state index in [1.807, 2.05) is 12.1 Å². The molecule has 1 saturated heterocycles. The molecule has 8 heterocycles. The summed E-state index contributed by atoms with van der Waals surface area (Å²) in [5, 5.41) is 8.62. The fourth-order valence-corrected chi connectivity index (χ4v) is 12.6. The van der Waals surface area contributed by atoms with Crippen LogP contribution in [0.15, 0.2) is 78.0 Å². The Bertz CT molecular complexity index is 2830. The van der Waals surface area contributed by atoms with E-state index in [4.69, 9.17) is 0 Å². The van der Waals surface area contributed by atoms with Gasteiger partial charge in [0, 0.05) is 56.5 Å². The number of hydrogen-bond acceptors (Lipinski definition) is 12. The Kier molecular flexibility index (Phi) is 10.3. The van der Waals surface area contributed by atoms with Crippen LogP contribution in [0.4, 0.5) is 31.5 Å². The summed E-state index contributed by atoms with van der Waals surface area (Å²) in [7, 11) is 0. The third-order valence-corrected chi connectivity index (χ3v) is 15.8. The molecule has 1 atom stereocenters. The first-order valence-corrected chi connectivity index (χ1v) is 22.9. The van der Waals surface area contributed by atoms with Gasteiger partial charge in [-0.1, -0.05) is 19.9 Å². The van der Waals surface area contributed by atoms with Gasteiger partial charge < -0.3 is 10.6 Å². The van der Waals surface area contributed by atoms with E-state index in [-0.39, 0.29) is 22.7 Å². The number of nitrogens with zero attached hydrogens (tertiary/aromatic N) is 6. The van der Waals surface area contributed by atoms with Crippen LogP contribution >= 0.6 is 45.3 Å². The second kappa shape index (κ2) is 15.3. The number of pyridine rings is 2. The van der Waals surface area contributed by atoms with Crippen molar-refractivity contribution in [2.75, 3.05) is 36.8 Å². The minimum absolute atomic E-state index is 0.00895. The quantitative estimate of drug-likeness (QED) is 0.156. The molecule has 1 fully saturated rings. The summed E-state index contributed by atoms with van der Waals surface area (Å²) in [6.45, 7) is 17.8. The van der Waals surface area contributed by atoms with E-state index in [0.29, 0.717) is 17.3 Å². The fourth-order valence-electron chi connectivity index (χ4n) is 8.64. The van der Waals surface area contributed by atoms with Crippen molar-refractivity contribution >= 4 is 115 Å². The highest BCUT2D eigenvalue weighted by molar-refractivity contribution is 7.20. The molecule has 8 aromatic rings. The lowest BCUT2D eigenvalue weighted by Crippen LogP contribution is -2.41. The van der Waals surface area contributed by atoms with Gasteiger partial charge in [0.05, 0.1) is 54.2 Å². The number of rotatable bonds is 8. The largest absolute Gasteiger partial charge is 0.352 e. The zero-order chi connectivity index (χ0) is 40.3. The Balaban J connectivity index is 0.000000150. The molecular weight excluding hydrogens is 807 g/mol. The SMILES string of the molecule is CCN1CC=C(c2cc3c(Nc4cc5ncsc5cc4F)ccnc3s2)C1(C)C.CCN1CCC(c2cc3c(Nc4cc5ncsc5cc4F)ccnc3s2)C1(C)C. The van der Waals surface area contributed by atoms with Crippen LogP contribution in [-0.2, 0) is 0 Å². The molecule has 2 aliphatic rings. The van der Waals surface area contributed by atoms with Gasteiger partial charge in [0.1, 0.15) is 21.3 Å². The van der Waals surface area contributed by atoms with Crippen molar-refractivity contribution in [2.24, 2.45) is 0 Å². The molecule has 2 N–H and O–H groups in total. The topological polar surface area (TPSA) is 82.1 Å². The Labute approximate surface area is 352 Å². The molecule has 58 heavy (non-hydrogen) atoms. The van der Waals surface area contributed by atoms with E-state index in [0.717, 1.165) is 84.8 Å². The van der Waals surface area contributed by atoms with Gasteiger partial charge in [0.2, 0.25) is 0 Å². The van der Waals surface area contributed by atoms with Gasteiger partial charge in [-0.3, -0.25) is 9.80 Å². The Hall–Kier alpha value is -4.44. The van der Waals surface area contributed by atoms with Crippen LogP contribution in [0.25, 0.3) is 46.4 Å². The summed E-state index contributed by atoms with van der Waals surface area (Å²) < 4.78 is 30.9. The number of thiophene rings is 2. The summed E-state index contributed by atoms with van der Waals surface area (Å²) in [6.07, 6.45) is 7.04. The average molecular weight is 851 g/mol. The van der Waals surface area contributed by atoms with Crippen LogP contribution in [0.1, 0.15) is 63.6 Å². The second-order valence-electron chi connectivity index (χ2n) is 15.8. The zero-order valence-corrected chi connectivity index (χ0v) is 36.5. The van der Waals surface area contributed by atoms with Crippen molar-refractivity contribution in [3.05, 3.63) is 99.4 Å². The van der Waals surface area contributed by atoms with Crippen LogP contribution < -0.4 is 10.6 Å². The van der Waals surface area contributed by atoms with Gasteiger partial charge in [0.25, 0.3) is 0 Å². The number of anilines is 4. The maximum absolute atomic E-state index is 14.6. The highest BCUT2D eigenvalue weighted by atomic mass is 32.1. The summed E-state index contributed by atoms with van der Waals surface area (Å²) in [5.41, 5.74) is 9.16. The van der Waals surface area contributed by atoms with E-state index in [1.54, 1.807) is 64.3 Å². The van der Waals surface area contributed by atoms with E-state index in [1.165, 1.54) is 44.1 Å². The number of fused-ring (bicyclic) bond motifs is 4. The molecule has 14 heteroatoms. The minimum Gasteiger partial charge on any atom is -0.352 e. The number of likely N-dealkylation sites (tertiary alicyclic amines) is 1. The molecule has 2 aromatic carbocycles. The third kappa shape index (κ3) is 6.97. The maximum atomic E-state index is 14.6. The number of hydrogen-bond donors (Lipinski definition) is 2. The van der Waals surface area contributed by atoms with Crippen LogP contribution in [0.5, 0.6) is 0 Å². The van der Waals surface area contributed by atoms with Crippen LogP contribution in [-0.4, -0.2) is 67.0 Å². The van der Waals surface area contributed by atoms with Crippen LogP contribution in [0, 0.1) is 11.6 Å². The molecule has 298 valence electrons. The van der Waals surface area contributed by atoms with E-state index < -0.39 is 0 Å². The fraction of sp³-hybridized carbons (Fsp3) is 0.318. The zero-order valence-electron chi connectivity index (χ0n) is 33.2. The standard InChI is InChI=1S/C22H23FN4S2.C22H21FN4S2/c2*1-4-27-8-6-14(22(27,2)3)19-9-13-16(5-7-24-21(13)29-19)26-17-11-18-20(10-15(17)23)28-12-25-18/h5,7,9-12,14H,4,6,8H2,1-3H3,(H,24,26);5-7,9-12H,4,8H2,1-3H3,(H,24,26). The van der Waals surface area contributed by atoms with Crippen molar-refractivity contribution in [3.8, 4) is 0 Å². The van der Waals surface area contributed by atoms with Crippen molar-refractivity contribution in [3.63, 3.8) is 0 Å². The van der Waals surface area contributed by atoms with Crippen molar-refractivity contribution in [1.29, 1.82) is 0 Å². The monoisotopic (exact) mass is 850 g/mol. The first-order chi connectivity index (χ1) is 27.9. The smallest absolute Gasteiger partial charge is 0.148 e. The molecule has 0 aliphatic carbocycles. The molecule has 0 spiro atoms. The van der Waals surface area contributed by atoms with Crippen LogP contribution in [0.3, 0.4) is 0 Å². The lowest BCUT2D eigenvalue weighted by atomic mass is 9.87. The predicted molar refractivity (Wildman–Crippen MR) is 243 cm³/mol. The Morgan fingerprint density at radius 2 is 1.28 bits per heavy atom. The van der Waals surface area contributed by atoms with E-state index in [9.17, 15) is 8.78 Å². The number of likely N-dealkylation sites (N-methyl/N-ethyl adjacent to an activating group) is 2.